The van der Waals surface area contributed by atoms with Crippen molar-refractivity contribution >= 4 is 35.0 Å². The number of benzene rings is 2. The van der Waals surface area contributed by atoms with Gasteiger partial charge in [0.2, 0.25) is 11.8 Å². The second kappa shape index (κ2) is 7.96. The molecule has 0 atom stereocenters. The van der Waals surface area contributed by atoms with E-state index in [1.54, 1.807) is 4.90 Å². The van der Waals surface area contributed by atoms with Gasteiger partial charge in [-0.2, -0.15) is 0 Å². The van der Waals surface area contributed by atoms with Crippen LogP contribution in [0.1, 0.15) is 31.9 Å². The van der Waals surface area contributed by atoms with Crippen LogP contribution < -0.4 is 10.2 Å². The Morgan fingerprint density at radius 1 is 1.19 bits per heavy atom. The normalized spacial score (nSPS) is 13.2. The Kier molecular flexibility index (Phi) is 5.67. The molecule has 0 unspecified atom stereocenters. The highest BCUT2D eigenvalue weighted by Gasteiger charge is 2.25. The van der Waals surface area contributed by atoms with E-state index in [4.69, 9.17) is 0 Å². The van der Waals surface area contributed by atoms with Crippen molar-refractivity contribution in [1.82, 2.24) is 0 Å². The van der Waals surface area contributed by atoms with Gasteiger partial charge in [0.15, 0.2) is 0 Å². The van der Waals surface area contributed by atoms with Crippen molar-refractivity contribution in [3.8, 4) is 0 Å². The maximum Gasteiger partial charge on any atom is 0.231 e. The largest absolute Gasteiger partial charge is 0.326 e. The van der Waals surface area contributed by atoms with Crippen LogP contribution in [-0.4, -0.2) is 23.6 Å². The Morgan fingerprint density at radius 2 is 1.92 bits per heavy atom. The smallest absolute Gasteiger partial charge is 0.231 e. The zero-order valence-electron chi connectivity index (χ0n) is 15.4. The molecule has 2 aromatic rings. The summed E-state index contributed by atoms with van der Waals surface area (Å²) in [5, 5.41) is 3.48. The minimum atomic E-state index is -0.0501. The summed E-state index contributed by atoms with van der Waals surface area (Å²) in [4.78, 5) is 27.3. The molecule has 26 heavy (non-hydrogen) atoms. The van der Waals surface area contributed by atoms with Crippen LogP contribution in [0.4, 0.5) is 11.4 Å². The van der Waals surface area contributed by atoms with Crippen LogP contribution in [0.3, 0.4) is 0 Å². The van der Waals surface area contributed by atoms with E-state index in [-0.39, 0.29) is 11.8 Å². The van der Waals surface area contributed by atoms with Crippen molar-refractivity contribution in [2.45, 2.75) is 43.8 Å². The minimum absolute atomic E-state index is 0.0501. The van der Waals surface area contributed by atoms with Gasteiger partial charge in [0.1, 0.15) is 0 Å². The summed E-state index contributed by atoms with van der Waals surface area (Å²) in [5.74, 6) is 0.0659. The van der Waals surface area contributed by atoms with Crippen molar-refractivity contribution in [2.75, 3.05) is 16.8 Å². The highest BCUT2D eigenvalue weighted by molar-refractivity contribution is 7.99. The molecule has 0 bridgehead atoms. The molecule has 1 heterocycles. The number of rotatable bonds is 6. The second-order valence-corrected chi connectivity index (χ2v) is 8.34. The van der Waals surface area contributed by atoms with Crippen molar-refractivity contribution in [2.24, 2.45) is 0 Å². The lowest BCUT2D eigenvalue weighted by molar-refractivity contribution is -0.117. The van der Waals surface area contributed by atoms with Gasteiger partial charge in [0, 0.05) is 28.1 Å². The Hall–Kier alpha value is -2.27. The summed E-state index contributed by atoms with van der Waals surface area (Å²) >= 11 is 1.81. The fraction of sp³-hybridized carbons (Fsp3) is 0.333. The zero-order valence-corrected chi connectivity index (χ0v) is 16.2. The molecule has 2 amide bonds. The number of hydrogen-bond acceptors (Lipinski definition) is 3. The molecule has 2 aromatic carbocycles. The summed E-state index contributed by atoms with van der Waals surface area (Å²) in [6.45, 7) is 6.96. The number of hydrogen-bond donors (Lipinski definition) is 1. The van der Waals surface area contributed by atoms with Crippen LogP contribution in [0.25, 0.3) is 0 Å². The van der Waals surface area contributed by atoms with Gasteiger partial charge in [-0.15, -0.1) is 11.8 Å². The molecule has 4 nitrogen and oxygen atoms in total. The molecule has 0 saturated heterocycles. The first-order valence-electron chi connectivity index (χ1n) is 8.95. The maximum atomic E-state index is 12.3. The topological polar surface area (TPSA) is 49.4 Å². The van der Waals surface area contributed by atoms with Crippen molar-refractivity contribution in [1.29, 1.82) is 0 Å². The third-order valence-corrected chi connectivity index (χ3v) is 5.29. The molecular weight excluding hydrogens is 344 g/mol. The molecule has 0 aliphatic carbocycles. The predicted octanol–water partition coefficient (Wildman–Crippen LogP) is 4.28. The third kappa shape index (κ3) is 4.28. The van der Waals surface area contributed by atoms with Gasteiger partial charge < -0.3 is 10.2 Å². The lowest BCUT2D eigenvalue weighted by atomic mass is 10.1. The van der Waals surface area contributed by atoms with Gasteiger partial charge in [-0.3, -0.25) is 9.59 Å². The van der Waals surface area contributed by atoms with Crippen LogP contribution >= 0.6 is 11.8 Å². The van der Waals surface area contributed by atoms with Gasteiger partial charge in [-0.05, 0) is 48.4 Å². The first-order valence-corrected chi connectivity index (χ1v) is 9.83. The Labute approximate surface area is 159 Å². The molecule has 5 heteroatoms. The summed E-state index contributed by atoms with van der Waals surface area (Å²) in [6, 6.07) is 13.8. The summed E-state index contributed by atoms with van der Waals surface area (Å²) in [6.07, 6.45) is 0.742. The highest BCUT2D eigenvalue weighted by Crippen LogP contribution is 2.31. The number of anilines is 2. The van der Waals surface area contributed by atoms with Crippen LogP contribution in [0, 0.1) is 0 Å². The quantitative estimate of drug-likeness (QED) is 0.775. The van der Waals surface area contributed by atoms with Crippen molar-refractivity contribution < 1.29 is 9.59 Å². The second-order valence-electron chi connectivity index (χ2n) is 6.69. The lowest BCUT2D eigenvalue weighted by Crippen LogP contribution is -2.25. The molecule has 0 saturated carbocycles. The van der Waals surface area contributed by atoms with Crippen molar-refractivity contribution in [3.63, 3.8) is 0 Å². The van der Waals surface area contributed by atoms with Crippen LogP contribution in [0.15, 0.2) is 47.4 Å². The zero-order chi connectivity index (χ0) is 18.7. The first-order chi connectivity index (χ1) is 12.5. The molecule has 1 aliphatic rings. The standard InChI is InChI=1S/C21H24N2O2S/c1-4-23-19-10-7-17(12-16(19)13-21(23)25)22-20(24)11-15-5-8-18(9-6-15)26-14(2)3/h5-10,12,14H,4,11,13H2,1-3H3,(H,22,24). The van der Waals surface area contributed by atoms with Crippen LogP contribution in [-0.2, 0) is 22.4 Å². The number of nitrogens with one attached hydrogen (secondary N) is 1. The third-order valence-electron chi connectivity index (χ3n) is 4.27. The van der Waals surface area contributed by atoms with Gasteiger partial charge in [0.05, 0.1) is 12.8 Å². The molecule has 1 N–H and O–H groups in total. The fourth-order valence-electron chi connectivity index (χ4n) is 3.16. The predicted molar refractivity (Wildman–Crippen MR) is 108 cm³/mol. The number of carbonyl (C=O) groups excluding carboxylic acids is 2. The van der Waals surface area contributed by atoms with E-state index in [0.29, 0.717) is 24.6 Å². The monoisotopic (exact) mass is 368 g/mol. The molecule has 1 aliphatic heterocycles. The maximum absolute atomic E-state index is 12.3. The fourth-order valence-corrected chi connectivity index (χ4v) is 3.99. The molecule has 0 fully saturated rings. The highest BCUT2D eigenvalue weighted by atomic mass is 32.2. The van der Waals surface area contributed by atoms with E-state index in [9.17, 15) is 9.59 Å². The lowest BCUT2D eigenvalue weighted by Gasteiger charge is -2.15. The number of thioether (sulfide) groups is 1. The number of nitrogens with zero attached hydrogens (tertiary/aromatic N) is 1. The number of carbonyl (C=O) groups is 2. The molecule has 0 radical (unpaired) electrons. The van der Waals surface area contributed by atoms with E-state index in [2.05, 4.69) is 31.3 Å². The number of amides is 2. The molecule has 0 aromatic heterocycles. The Morgan fingerprint density at radius 3 is 2.58 bits per heavy atom. The minimum Gasteiger partial charge on any atom is -0.326 e. The first kappa shape index (κ1) is 18.5. The molecule has 136 valence electrons. The van der Waals surface area contributed by atoms with Gasteiger partial charge in [0.25, 0.3) is 0 Å². The summed E-state index contributed by atoms with van der Waals surface area (Å²) in [7, 11) is 0. The van der Waals surface area contributed by atoms with Gasteiger partial charge in [-0.1, -0.05) is 26.0 Å². The summed E-state index contributed by atoms with van der Waals surface area (Å²) in [5.41, 5.74) is 3.66. The van der Waals surface area contributed by atoms with Crippen LogP contribution in [0.2, 0.25) is 0 Å². The average molecular weight is 369 g/mol. The Bertz CT molecular complexity index is 815. The van der Waals surface area contributed by atoms with E-state index < -0.39 is 0 Å². The molecule has 3 rings (SSSR count). The van der Waals surface area contributed by atoms with Gasteiger partial charge >= 0.3 is 0 Å². The van der Waals surface area contributed by atoms with Crippen LogP contribution in [0.5, 0.6) is 0 Å². The summed E-state index contributed by atoms with van der Waals surface area (Å²) < 4.78 is 0. The van der Waals surface area contributed by atoms with E-state index in [1.807, 2.05) is 49.0 Å². The number of likely N-dealkylation sites (N-methyl/N-ethyl adjacent to an activating group) is 1. The van der Waals surface area contributed by atoms with E-state index >= 15 is 0 Å². The average Bonchev–Trinajstić information content (AvgIpc) is 2.90. The van der Waals surface area contributed by atoms with Crippen molar-refractivity contribution in [3.05, 3.63) is 53.6 Å². The van der Waals surface area contributed by atoms with E-state index in [0.717, 1.165) is 22.5 Å². The van der Waals surface area contributed by atoms with Gasteiger partial charge in [-0.25, -0.2) is 0 Å². The molecule has 0 spiro atoms. The molecular formula is C21H24N2O2S. The Balaban J connectivity index is 1.62. The SMILES string of the molecule is CCN1C(=O)Cc2cc(NC(=O)Cc3ccc(SC(C)C)cc3)ccc21. The number of fused-ring (bicyclic) bond motifs is 1. The van der Waals surface area contributed by atoms with E-state index in [1.165, 1.54) is 4.90 Å².